The first kappa shape index (κ1) is 22.9. The van der Waals surface area contributed by atoms with Gasteiger partial charge >= 0.3 is 0 Å². The molecule has 184 valence electrons. The third kappa shape index (κ3) is 4.34. The van der Waals surface area contributed by atoms with Gasteiger partial charge in [0.15, 0.2) is 5.65 Å². The summed E-state index contributed by atoms with van der Waals surface area (Å²) in [5.74, 6) is 0.141. The van der Waals surface area contributed by atoms with Crippen molar-refractivity contribution < 1.29 is 9.13 Å². The van der Waals surface area contributed by atoms with E-state index in [0.717, 1.165) is 68.7 Å². The summed E-state index contributed by atoms with van der Waals surface area (Å²) in [6.07, 6.45) is 1.87. The lowest BCUT2D eigenvalue weighted by Crippen LogP contribution is -2.11. The Labute approximate surface area is 213 Å². The standard InChI is InChI=1S/C30H26FN5O/c1-3-32-16-18-6-4-7-19(10-18)21-13-26-29(35-36-30(26)33-17-21)28-15-25-24(8-5-9-27(25)34-28)20-11-22(31)14-23(12-20)37-2/h4-15,17,32,34H,3,16H2,1-2H3,(H,33,35,36). The second-order valence-corrected chi connectivity index (χ2v) is 9.00. The second-order valence-electron chi connectivity index (χ2n) is 9.00. The lowest BCUT2D eigenvalue weighted by Gasteiger charge is -2.07. The van der Waals surface area contributed by atoms with Crippen LogP contribution in [-0.4, -0.2) is 33.8 Å². The maximum Gasteiger partial charge on any atom is 0.155 e. The van der Waals surface area contributed by atoms with Gasteiger partial charge in [-0.2, -0.15) is 5.10 Å². The Morgan fingerprint density at radius 3 is 2.68 bits per heavy atom. The molecule has 6 rings (SSSR count). The molecule has 0 aliphatic rings. The van der Waals surface area contributed by atoms with Crippen molar-refractivity contribution >= 4 is 21.9 Å². The number of benzene rings is 3. The SMILES string of the molecule is CCNCc1cccc(-c2cnc3[nH]nc(-c4cc5c(-c6cc(F)cc(OC)c6)cccc5[nH]4)c3c2)c1. The first-order valence-corrected chi connectivity index (χ1v) is 12.2. The fourth-order valence-electron chi connectivity index (χ4n) is 4.77. The Bertz CT molecular complexity index is 1740. The number of aromatic nitrogens is 4. The smallest absolute Gasteiger partial charge is 0.155 e. The molecule has 0 amide bonds. The number of aromatic amines is 2. The lowest BCUT2D eigenvalue weighted by molar-refractivity contribution is 0.411. The highest BCUT2D eigenvalue weighted by molar-refractivity contribution is 6.01. The van der Waals surface area contributed by atoms with Crippen molar-refractivity contribution in [2.45, 2.75) is 13.5 Å². The topological polar surface area (TPSA) is 78.6 Å². The number of hydrogen-bond acceptors (Lipinski definition) is 4. The maximum atomic E-state index is 14.3. The van der Waals surface area contributed by atoms with Gasteiger partial charge in [-0.3, -0.25) is 5.10 Å². The van der Waals surface area contributed by atoms with Crippen LogP contribution in [0.5, 0.6) is 5.75 Å². The molecular formula is C30H26FN5O. The number of nitrogens with one attached hydrogen (secondary N) is 3. The minimum atomic E-state index is -0.339. The van der Waals surface area contributed by atoms with Crippen LogP contribution in [0.3, 0.4) is 0 Å². The van der Waals surface area contributed by atoms with E-state index in [0.29, 0.717) is 5.75 Å². The van der Waals surface area contributed by atoms with Gasteiger partial charge in [-0.25, -0.2) is 9.37 Å². The van der Waals surface area contributed by atoms with Crippen molar-refractivity contribution in [3.63, 3.8) is 0 Å². The molecule has 3 heterocycles. The molecule has 0 aliphatic heterocycles. The number of fused-ring (bicyclic) bond motifs is 2. The summed E-state index contributed by atoms with van der Waals surface area (Å²) < 4.78 is 19.5. The Hall–Kier alpha value is -4.49. The molecule has 6 aromatic rings. The van der Waals surface area contributed by atoms with Crippen LogP contribution in [0.25, 0.3) is 55.6 Å². The molecule has 3 aromatic carbocycles. The zero-order valence-electron chi connectivity index (χ0n) is 20.6. The van der Waals surface area contributed by atoms with Crippen molar-refractivity contribution in [2.24, 2.45) is 0 Å². The van der Waals surface area contributed by atoms with Gasteiger partial charge in [0.1, 0.15) is 17.3 Å². The number of nitrogens with zero attached hydrogens (tertiary/aromatic N) is 2. The number of pyridine rings is 1. The summed E-state index contributed by atoms with van der Waals surface area (Å²) in [7, 11) is 1.54. The number of ether oxygens (including phenoxy) is 1. The molecule has 0 saturated heterocycles. The number of halogens is 1. The molecular weight excluding hydrogens is 465 g/mol. The number of hydrogen-bond donors (Lipinski definition) is 3. The molecule has 0 atom stereocenters. The van der Waals surface area contributed by atoms with Crippen LogP contribution in [0, 0.1) is 5.82 Å². The monoisotopic (exact) mass is 491 g/mol. The van der Waals surface area contributed by atoms with Crippen molar-refractivity contribution in [1.82, 2.24) is 25.5 Å². The zero-order chi connectivity index (χ0) is 25.4. The molecule has 0 saturated carbocycles. The van der Waals surface area contributed by atoms with Crippen molar-refractivity contribution in [3.05, 3.63) is 90.4 Å². The molecule has 3 aromatic heterocycles. The van der Waals surface area contributed by atoms with E-state index in [4.69, 9.17) is 4.74 Å². The van der Waals surface area contributed by atoms with E-state index < -0.39 is 0 Å². The molecule has 0 bridgehead atoms. The van der Waals surface area contributed by atoms with Crippen molar-refractivity contribution in [3.8, 4) is 39.4 Å². The van der Waals surface area contributed by atoms with E-state index in [1.54, 1.807) is 0 Å². The van der Waals surface area contributed by atoms with E-state index in [1.165, 1.54) is 24.8 Å². The lowest BCUT2D eigenvalue weighted by atomic mass is 10.0. The van der Waals surface area contributed by atoms with Crippen LogP contribution in [-0.2, 0) is 6.54 Å². The van der Waals surface area contributed by atoms with Crippen LogP contribution in [0.4, 0.5) is 4.39 Å². The van der Waals surface area contributed by atoms with Gasteiger partial charge in [-0.1, -0.05) is 37.3 Å². The Kier molecular flexibility index (Phi) is 5.90. The molecule has 0 radical (unpaired) electrons. The highest BCUT2D eigenvalue weighted by Gasteiger charge is 2.16. The molecule has 37 heavy (non-hydrogen) atoms. The molecule has 3 N–H and O–H groups in total. The van der Waals surface area contributed by atoms with E-state index in [-0.39, 0.29) is 5.82 Å². The van der Waals surface area contributed by atoms with E-state index in [2.05, 4.69) is 68.8 Å². The second kappa shape index (κ2) is 9.52. The Morgan fingerprint density at radius 2 is 1.81 bits per heavy atom. The Morgan fingerprint density at radius 1 is 0.919 bits per heavy atom. The number of methoxy groups -OCH3 is 1. The van der Waals surface area contributed by atoms with Gasteiger partial charge in [-0.05, 0) is 65.2 Å². The average molecular weight is 492 g/mol. The molecule has 0 spiro atoms. The largest absolute Gasteiger partial charge is 0.497 e. The first-order valence-electron chi connectivity index (χ1n) is 12.2. The normalized spacial score (nSPS) is 11.4. The third-order valence-corrected chi connectivity index (χ3v) is 6.59. The molecule has 0 fully saturated rings. The fraction of sp³-hybridized carbons (Fsp3) is 0.133. The predicted molar refractivity (Wildman–Crippen MR) is 146 cm³/mol. The zero-order valence-corrected chi connectivity index (χ0v) is 20.6. The Balaban J connectivity index is 1.43. The molecule has 6 nitrogen and oxygen atoms in total. The van der Waals surface area contributed by atoms with E-state index in [1.807, 2.05) is 30.5 Å². The van der Waals surface area contributed by atoms with Crippen LogP contribution in [0.1, 0.15) is 12.5 Å². The summed E-state index contributed by atoms with van der Waals surface area (Å²) in [5, 5.41) is 12.9. The quantitative estimate of drug-likeness (QED) is 0.232. The minimum Gasteiger partial charge on any atom is -0.497 e. The van der Waals surface area contributed by atoms with Gasteiger partial charge in [0.05, 0.1) is 12.8 Å². The van der Waals surface area contributed by atoms with Crippen LogP contribution in [0.2, 0.25) is 0 Å². The average Bonchev–Trinajstić information content (AvgIpc) is 3.55. The van der Waals surface area contributed by atoms with Crippen molar-refractivity contribution in [1.29, 1.82) is 0 Å². The fourth-order valence-corrected chi connectivity index (χ4v) is 4.77. The summed E-state index contributed by atoms with van der Waals surface area (Å²) in [4.78, 5) is 8.13. The highest BCUT2D eigenvalue weighted by Crippen LogP contribution is 2.36. The van der Waals surface area contributed by atoms with Gasteiger partial charge in [0, 0.05) is 40.7 Å². The summed E-state index contributed by atoms with van der Waals surface area (Å²) in [6.45, 7) is 3.85. The van der Waals surface area contributed by atoms with Gasteiger partial charge < -0.3 is 15.0 Å². The van der Waals surface area contributed by atoms with Gasteiger partial charge in [0.25, 0.3) is 0 Å². The van der Waals surface area contributed by atoms with Crippen LogP contribution < -0.4 is 10.1 Å². The summed E-state index contributed by atoms with van der Waals surface area (Å²) in [5.41, 5.74) is 8.32. The minimum absolute atomic E-state index is 0.339. The summed E-state index contributed by atoms with van der Waals surface area (Å²) in [6, 6.07) is 23.3. The maximum absolute atomic E-state index is 14.3. The first-order chi connectivity index (χ1) is 18.1. The van der Waals surface area contributed by atoms with Gasteiger partial charge in [0.2, 0.25) is 0 Å². The van der Waals surface area contributed by atoms with Crippen LogP contribution >= 0.6 is 0 Å². The third-order valence-electron chi connectivity index (χ3n) is 6.59. The van der Waals surface area contributed by atoms with E-state index in [9.17, 15) is 4.39 Å². The van der Waals surface area contributed by atoms with E-state index >= 15 is 0 Å². The molecule has 0 aliphatic carbocycles. The number of rotatable bonds is 7. The van der Waals surface area contributed by atoms with Gasteiger partial charge in [-0.15, -0.1) is 0 Å². The summed E-state index contributed by atoms with van der Waals surface area (Å²) >= 11 is 0. The van der Waals surface area contributed by atoms with Crippen LogP contribution in [0.15, 0.2) is 79.0 Å². The molecule has 0 unspecified atom stereocenters. The van der Waals surface area contributed by atoms with Crippen molar-refractivity contribution in [2.75, 3.05) is 13.7 Å². The molecule has 7 heteroatoms. The predicted octanol–water partition coefficient (Wildman–Crippen LogP) is 6.70. The highest BCUT2D eigenvalue weighted by atomic mass is 19.1. The number of H-pyrrole nitrogens is 2.